The lowest BCUT2D eigenvalue weighted by Crippen LogP contribution is -2.32. The van der Waals surface area contributed by atoms with Crippen LogP contribution in [0.2, 0.25) is 0 Å². The number of hydrogen-bond donors (Lipinski definition) is 4. The summed E-state index contributed by atoms with van der Waals surface area (Å²) in [6, 6.07) is 14.9. The van der Waals surface area contributed by atoms with E-state index in [0.29, 0.717) is 11.4 Å². The van der Waals surface area contributed by atoms with Gasteiger partial charge in [-0.1, -0.05) is 12.1 Å². The molecule has 0 spiro atoms. The molecule has 6 N–H and O–H groups in total. The third kappa shape index (κ3) is 3.39. The van der Waals surface area contributed by atoms with E-state index in [0.717, 1.165) is 35.6 Å². The first kappa shape index (κ1) is 15.8. The molecule has 0 radical (unpaired) electrons. The van der Waals surface area contributed by atoms with Gasteiger partial charge in [0.1, 0.15) is 23.9 Å². The van der Waals surface area contributed by atoms with Gasteiger partial charge in [-0.3, -0.25) is 10.9 Å². The molecular formula is C18H20N6O2. The Balaban J connectivity index is 1.28. The SMILES string of the molecule is Nc1cccc(N2NC(CCC3=CON(c4cccc(N)c4)N3)=CO2)c1. The first-order valence-electron chi connectivity index (χ1n) is 8.24. The van der Waals surface area contributed by atoms with Crippen molar-refractivity contribution < 1.29 is 9.68 Å². The van der Waals surface area contributed by atoms with Gasteiger partial charge in [0, 0.05) is 11.4 Å². The molecule has 0 bridgehead atoms. The number of hydrazine groups is 2. The second-order valence-electron chi connectivity index (χ2n) is 6.00. The summed E-state index contributed by atoms with van der Waals surface area (Å²) >= 11 is 0. The molecule has 0 atom stereocenters. The third-order valence-electron chi connectivity index (χ3n) is 3.96. The number of anilines is 4. The molecule has 0 unspecified atom stereocenters. The maximum Gasteiger partial charge on any atom is 0.142 e. The molecule has 134 valence electrons. The average molecular weight is 352 g/mol. The van der Waals surface area contributed by atoms with Gasteiger partial charge in [0.2, 0.25) is 0 Å². The minimum atomic E-state index is 0.681. The highest BCUT2D eigenvalue weighted by atomic mass is 16.7. The van der Waals surface area contributed by atoms with E-state index in [-0.39, 0.29) is 0 Å². The Morgan fingerprint density at radius 3 is 1.62 bits per heavy atom. The molecule has 8 heteroatoms. The van der Waals surface area contributed by atoms with Crippen LogP contribution in [-0.2, 0) is 9.68 Å². The van der Waals surface area contributed by atoms with E-state index in [1.54, 1.807) is 22.9 Å². The van der Waals surface area contributed by atoms with E-state index in [9.17, 15) is 0 Å². The van der Waals surface area contributed by atoms with E-state index >= 15 is 0 Å². The number of nitrogens with zero attached hydrogens (tertiary/aromatic N) is 2. The Kier molecular flexibility index (Phi) is 4.06. The van der Waals surface area contributed by atoms with Gasteiger partial charge in [0.25, 0.3) is 0 Å². The predicted octanol–water partition coefficient (Wildman–Crippen LogP) is 2.53. The molecule has 2 aliphatic heterocycles. The Bertz CT molecular complexity index is 795. The van der Waals surface area contributed by atoms with Gasteiger partial charge in [-0.25, -0.2) is 0 Å². The quantitative estimate of drug-likeness (QED) is 0.609. The van der Waals surface area contributed by atoms with E-state index in [4.69, 9.17) is 21.1 Å². The summed E-state index contributed by atoms with van der Waals surface area (Å²) in [6.45, 7) is 0. The highest BCUT2D eigenvalue weighted by Gasteiger charge is 2.19. The van der Waals surface area contributed by atoms with Crippen LogP contribution in [0.15, 0.2) is 72.4 Å². The first-order chi connectivity index (χ1) is 12.7. The molecule has 4 rings (SSSR count). The van der Waals surface area contributed by atoms with Crippen LogP contribution in [0.1, 0.15) is 12.8 Å². The maximum atomic E-state index is 5.80. The number of allylic oxidation sites excluding steroid dienone is 2. The summed E-state index contributed by atoms with van der Waals surface area (Å²) in [5.41, 5.74) is 23.0. The van der Waals surface area contributed by atoms with Crippen LogP contribution < -0.4 is 32.7 Å². The summed E-state index contributed by atoms with van der Waals surface area (Å²) in [4.78, 5) is 11.1. The molecule has 2 aromatic rings. The van der Waals surface area contributed by atoms with E-state index < -0.39 is 0 Å². The number of benzene rings is 2. The van der Waals surface area contributed by atoms with Gasteiger partial charge in [-0.2, -0.15) is 0 Å². The van der Waals surface area contributed by atoms with E-state index in [2.05, 4.69) is 10.9 Å². The van der Waals surface area contributed by atoms with Crippen molar-refractivity contribution in [1.29, 1.82) is 0 Å². The molecule has 2 heterocycles. The Morgan fingerprint density at radius 2 is 1.19 bits per heavy atom. The lowest BCUT2D eigenvalue weighted by Gasteiger charge is -2.19. The van der Waals surface area contributed by atoms with Crippen molar-refractivity contribution in [3.05, 3.63) is 72.4 Å². The summed E-state index contributed by atoms with van der Waals surface area (Å²) in [6.07, 6.45) is 4.89. The molecule has 2 aliphatic rings. The van der Waals surface area contributed by atoms with Gasteiger partial charge in [0.15, 0.2) is 0 Å². The fourth-order valence-corrected chi connectivity index (χ4v) is 2.65. The Morgan fingerprint density at radius 1 is 0.731 bits per heavy atom. The molecule has 0 aliphatic carbocycles. The van der Waals surface area contributed by atoms with Gasteiger partial charge in [-0.15, -0.1) is 10.3 Å². The average Bonchev–Trinajstić information content (AvgIpc) is 3.30. The summed E-state index contributed by atoms with van der Waals surface area (Å²) in [7, 11) is 0. The van der Waals surface area contributed by atoms with Crippen molar-refractivity contribution in [3.8, 4) is 0 Å². The largest absolute Gasteiger partial charge is 0.399 e. The zero-order valence-electron chi connectivity index (χ0n) is 14.1. The Labute approximate surface area is 151 Å². The lowest BCUT2D eigenvalue weighted by atomic mass is 10.2. The van der Waals surface area contributed by atoms with Crippen molar-refractivity contribution in [2.75, 3.05) is 21.8 Å². The molecule has 8 nitrogen and oxygen atoms in total. The van der Waals surface area contributed by atoms with Crippen LogP contribution in [0.4, 0.5) is 22.7 Å². The van der Waals surface area contributed by atoms with Crippen molar-refractivity contribution in [1.82, 2.24) is 10.9 Å². The van der Waals surface area contributed by atoms with Crippen LogP contribution >= 0.6 is 0 Å². The Hall–Kier alpha value is -3.68. The molecule has 26 heavy (non-hydrogen) atoms. The van der Waals surface area contributed by atoms with E-state index in [1.165, 1.54) is 0 Å². The summed E-state index contributed by atoms with van der Waals surface area (Å²) in [5, 5.41) is 3.16. The van der Waals surface area contributed by atoms with Gasteiger partial charge in [-0.05, 0) is 49.2 Å². The molecule has 0 aromatic heterocycles. The molecule has 2 aromatic carbocycles. The zero-order valence-corrected chi connectivity index (χ0v) is 14.1. The van der Waals surface area contributed by atoms with Crippen LogP contribution in [-0.4, -0.2) is 0 Å². The second kappa shape index (κ2) is 6.67. The third-order valence-corrected chi connectivity index (χ3v) is 3.96. The van der Waals surface area contributed by atoms with Crippen molar-refractivity contribution in [2.45, 2.75) is 12.8 Å². The number of hydrogen-bond acceptors (Lipinski definition) is 8. The molecular weight excluding hydrogens is 332 g/mol. The number of nitrogens with two attached hydrogens (primary N) is 2. The van der Waals surface area contributed by atoms with Crippen LogP contribution in [0, 0.1) is 0 Å². The fourth-order valence-electron chi connectivity index (χ4n) is 2.65. The smallest absolute Gasteiger partial charge is 0.142 e. The summed E-state index contributed by atoms with van der Waals surface area (Å²) < 4.78 is 0. The van der Waals surface area contributed by atoms with Gasteiger partial charge >= 0.3 is 0 Å². The zero-order chi connectivity index (χ0) is 17.9. The first-order valence-corrected chi connectivity index (χ1v) is 8.24. The number of nitrogen functional groups attached to an aromatic ring is 2. The minimum Gasteiger partial charge on any atom is -0.399 e. The normalized spacial score (nSPS) is 15.5. The van der Waals surface area contributed by atoms with Crippen LogP contribution in [0.25, 0.3) is 0 Å². The van der Waals surface area contributed by atoms with Crippen LogP contribution in [0.3, 0.4) is 0 Å². The monoisotopic (exact) mass is 352 g/mol. The van der Waals surface area contributed by atoms with E-state index in [1.807, 2.05) is 48.5 Å². The highest BCUT2D eigenvalue weighted by molar-refractivity contribution is 5.55. The summed E-state index contributed by atoms with van der Waals surface area (Å²) in [5.74, 6) is 0. The topological polar surface area (TPSA) is 101 Å². The predicted molar refractivity (Wildman–Crippen MR) is 101 cm³/mol. The second-order valence-corrected chi connectivity index (χ2v) is 6.00. The highest BCUT2D eigenvalue weighted by Crippen LogP contribution is 2.24. The molecule has 0 saturated carbocycles. The van der Waals surface area contributed by atoms with Gasteiger partial charge < -0.3 is 21.1 Å². The van der Waals surface area contributed by atoms with Crippen molar-refractivity contribution >= 4 is 22.7 Å². The minimum absolute atomic E-state index is 0.681. The van der Waals surface area contributed by atoms with Crippen molar-refractivity contribution in [2.24, 2.45) is 0 Å². The molecule has 0 amide bonds. The number of rotatable bonds is 5. The fraction of sp³-hybridized carbons (Fsp3) is 0.111. The molecule has 0 fully saturated rings. The maximum absolute atomic E-state index is 5.80. The van der Waals surface area contributed by atoms with Gasteiger partial charge in [0.05, 0.1) is 11.4 Å². The number of nitrogens with one attached hydrogen (secondary N) is 2. The lowest BCUT2D eigenvalue weighted by molar-refractivity contribution is 0.221. The standard InChI is InChI=1S/C18H20N6O2/c19-13-3-1-5-17(9-13)23-21-15(11-25-23)7-8-16-12-26-24(22-16)18-6-2-4-14(20)10-18/h1-6,9-12,21-22H,7-8,19-20H2. The molecule has 0 saturated heterocycles. The van der Waals surface area contributed by atoms with Crippen molar-refractivity contribution in [3.63, 3.8) is 0 Å². The van der Waals surface area contributed by atoms with Crippen LogP contribution in [0.5, 0.6) is 0 Å².